The van der Waals surface area contributed by atoms with Gasteiger partial charge in [-0.05, 0) is 55.3 Å². The van der Waals surface area contributed by atoms with Crippen molar-refractivity contribution in [2.75, 3.05) is 37.4 Å². The van der Waals surface area contributed by atoms with Gasteiger partial charge in [-0.2, -0.15) is 13.2 Å². The fourth-order valence-corrected chi connectivity index (χ4v) is 3.58. The van der Waals surface area contributed by atoms with E-state index in [-0.39, 0.29) is 35.8 Å². The lowest BCUT2D eigenvalue weighted by molar-refractivity contribution is -0.137. The Morgan fingerprint density at radius 2 is 1.61 bits per heavy atom. The van der Waals surface area contributed by atoms with E-state index in [1.165, 1.54) is 19.2 Å². The predicted octanol–water partition coefficient (Wildman–Crippen LogP) is 3.78. The molecule has 3 rings (SSSR count). The molecule has 1 fully saturated rings. The molecular weight excluding hydrogens is 439 g/mol. The van der Waals surface area contributed by atoms with Crippen LogP contribution in [0.1, 0.15) is 28.8 Å². The zero-order valence-corrected chi connectivity index (χ0v) is 17.9. The first-order valence-corrected chi connectivity index (χ1v) is 10.3. The van der Waals surface area contributed by atoms with Crippen molar-refractivity contribution in [1.29, 1.82) is 0 Å². The minimum absolute atomic E-state index is 0.0830. The van der Waals surface area contributed by atoms with Crippen LogP contribution >= 0.6 is 0 Å². The van der Waals surface area contributed by atoms with Gasteiger partial charge in [-0.3, -0.25) is 14.4 Å². The summed E-state index contributed by atoms with van der Waals surface area (Å²) in [5, 5.41) is 5.48. The number of anilines is 2. The maximum atomic E-state index is 12.7. The summed E-state index contributed by atoms with van der Waals surface area (Å²) in [5.74, 6) is -1.18. The van der Waals surface area contributed by atoms with Crippen LogP contribution in [0.15, 0.2) is 48.5 Å². The van der Waals surface area contributed by atoms with Crippen LogP contribution in [-0.4, -0.2) is 49.4 Å². The van der Waals surface area contributed by atoms with Crippen molar-refractivity contribution in [1.82, 2.24) is 4.90 Å². The van der Waals surface area contributed by atoms with E-state index in [1.807, 2.05) is 0 Å². The second-order valence-corrected chi connectivity index (χ2v) is 7.69. The molecule has 1 saturated heterocycles. The first kappa shape index (κ1) is 24.2. The Morgan fingerprint density at radius 1 is 1.00 bits per heavy atom. The van der Waals surface area contributed by atoms with Crippen molar-refractivity contribution in [2.45, 2.75) is 19.0 Å². The highest BCUT2D eigenvalue weighted by Crippen LogP contribution is 2.29. The summed E-state index contributed by atoms with van der Waals surface area (Å²) < 4.78 is 42.9. The SMILES string of the molecule is COCC(=O)Nc1cccc(NC(=O)C2CCN(C(=O)c3ccc(C(F)(F)F)cc3)CC2)c1. The van der Waals surface area contributed by atoms with Gasteiger partial charge in [-0.15, -0.1) is 0 Å². The average molecular weight is 463 g/mol. The first-order chi connectivity index (χ1) is 15.7. The molecule has 2 N–H and O–H groups in total. The molecular formula is C23H24F3N3O4. The van der Waals surface area contributed by atoms with Crippen molar-refractivity contribution in [2.24, 2.45) is 5.92 Å². The minimum atomic E-state index is -4.46. The number of nitrogens with zero attached hydrogens (tertiary/aromatic N) is 1. The van der Waals surface area contributed by atoms with Crippen molar-refractivity contribution in [3.63, 3.8) is 0 Å². The summed E-state index contributed by atoms with van der Waals surface area (Å²) in [6.07, 6.45) is -3.59. The highest BCUT2D eigenvalue weighted by Gasteiger charge is 2.31. The van der Waals surface area contributed by atoms with Crippen LogP contribution in [0, 0.1) is 5.92 Å². The predicted molar refractivity (Wildman–Crippen MR) is 116 cm³/mol. The second kappa shape index (κ2) is 10.5. The number of halogens is 3. The van der Waals surface area contributed by atoms with Crippen LogP contribution in [0.25, 0.3) is 0 Å². The number of hydrogen-bond acceptors (Lipinski definition) is 4. The van der Waals surface area contributed by atoms with Crippen molar-refractivity contribution >= 4 is 29.1 Å². The Morgan fingerprint density at radius 3 is 2.18 bits per heavy atom. The van der Waals surface area contributed by atoms with E-state index >= 15 is 0 Å². The molecule has 0 radical (unpaired) electrons. The van der Waals surface area contributed by atoms with E-state index < -0.39 is 11.7 Å². The summed E-state index contributed by atoms with van der Waals surface area (Å²) in [5.41, 5.74) is 0.417. The molecule has 0 unspecified atom stereocenters. The number of benzene rings is 2. The molecule has 0 saturated carbocycles. The Labute approximate surface area is 188 Å². The lowest BCUT2D eigenvalue weighted by Crippen LogP contribution is -2.41. The van der Waals surface area contributed by atoms with Gasteiger partial charge in [-0.25, -0.2) is 0 Å². The fraction of sp³-hybridized carbons (Fsp3) is 0.348. The highest BCUT2D eigenvalue weighted by molar-refractivity contribution is 5.96. The van der Waals surface area contributed by atoms with Crippen molar-refractivity contribution in [3.8, 4) is 0 Å². The molecule has 33 heavy (non-hydrogen) atoms. The Kier molecular flexibility index (Phi) is 7.70. The molecule has 0 bridgehead atoms. The molecule has 1 heterocycles. The Bertz CT molecular complexity index is 1000. The number of likely N-dealkylation sites (tertiary alicyclic amines) is 1. The Balaban J connectivity index is 1.53. The number of hydrogen-bond donors (Lipinski definition) is 2. The van der Waals surface area contributed by atoms with Crippen LogP contribution in [0.3, 0.4) is 0 Å². The third kappa shape index (κ3) is 6.55. The highest BCUT2D eigenvalue weighted by atomic mass is 19.4. The van der Waals surface area contributed by atoms with E-state index in [0.717, 1.165) is 12.1 Å². The smallest absolute Gasteiger partial charge is 0.375 e. The molecule has 7 nitrogen and oxygen atoms in total. The largest absolute Gasteiger partial charge is 0.416 e. The molecule has 0 atom stereocenters. The van der Waals surface area contributed by atoms with Gasteiger partial charge >= 0.3 is 6.18 Å². The number of carbonyl (C=O) groups is 3. The minimum Gasteiger partial charge on any atom is -0.375 e. The summed E-state index contributed by atoms with van der Waals surface area (Å²) >= 11 is 0. The lowest BCUT2D eigenvalue weighted by Gasteiger charge is -2.31. The van der Waals surface area contributed by atoms with Crippen LogP contribution < -0.4 is 10.6 Å². The van der Waals surface area contributed by atoms with Crippen LogP contribution in [-0.2, 0) is 20.5 Å². The maximum Gasteiger partial charge on any atom is 0.416 e. The number of alkyl halides is 3. The molecule has 176 valence electrons. The quantitative estimate of drug-likeness (QED) is 0.683. The number of carbonyl (C=O) groups excluding carboxylic acids is 3. The number of amides is 3. The van der Waals surface area contributed by atoms with Gasteiger partial charge in [0.05, 0.1) is 5.56 Å². The number of ether oxygens (including phenoxy) is 1. The number of rotatable bonds is 6. The molecule has 0 spiro atoms. The van der Waals surface area contributed by atoms with Gasteiger partial charge < -0.3 is 20.3 Å². The van der Waals surface area contributed by atoms with E-state index in [9.17, 15) is 27.6 Å². The maximum absolute atomic E-state index is 12.7. The zero-order valence-electron chi connectivity index (χ0n) is 17.9. The third-order valence-electron chi connectivity index (χ3n) is 5.30. The van der Waals surface area contributed by atoms with E-state index in [0.29, 0.717) is 37.3 Å². The van der Waals surface area contributed by atoms with Crippen molar-refractivity contribution < 1.29 is 32.3 Å². The fourth-order valence-electron chi connectivity index (χ4n) is 3.58. The molecule has 3 amide bonds. The molecule has 1 aliphatic rings. The summed E-state index contributed by atoms with van der Waals surface area (Å²) in [6, 6.07) is 10.8. The molecule has 0 aliphatic carbocycles. The second-order valence-electron chi connectivity index (χ2n) is 7.69. The van der Waals surface area contributed by atoms with Crippen LogP contribution in [0.4, 0.5) is 24.5 Å². The number of methoxy groups -OCH3 is 1. The summed E-state index contributed by atoms with van der Waals surface area (Å²) in [7, 11) is 1.42. The Hall–Kier alpha value is -3.40. The van der Waals surface area contributed by atoms with E-state index in [1.54, 1.807) is 29.2 Å². The standard InChI is InChI=1S/C23H24F3N3O4/c1-33-14-20(30)27-18-3-2-4-19(13-18)28-21(31)15-9-11-29(12-10-15)22(32)16-5-7-17(8-6-16)23(24,25)26/h2-8,13,15H,9-12,14H2,1H3,(H,27,30)(H,28,31). The van der Waals surface area contributed by atoms with Gasteiger partial charge in [0.15, 0.2) is 0 Å². The monoisotopic (exact) mass is 463 g/mol. The molecule has 2 aromatic carbocycles. The van der Waals surface area contributed by atoms with Crippen LogP contribution in [0.5, 0.6) is 0 Å². The molecule has 0 aromatic heterocycles. The van der Waals surface area contributed by atoms with Gasteiger partial charge in [0, 0.05) is 43.1 Å². The molecule has 1 aliphatic heterocycles. The van der Waals surface area contributed by atoms with Gasteiger partial charge in [0.25, 0.3) is 5.91 Å². The van der Waals surface area contributed by atoms with E-state index in [4.69, 9.17) is 4.74 Å². The average Bonchev–Trinajstić information content (AvgIpc) is 2.78. The number of piperidine rings is 1. The van der Waals surface area contributed by atoms with Gasteiger partial charge in [0.1, 0.15) is 6.61 Å². The summed E-state index contributed by atoms with van der Waals surface area (Å²) in [6.45, 7) is 0.566. The van der Waals surface area contributed by atoms with Crippen LogP contribution in [0.2, 0.25) is 0 Å². The van der Waals surface area contributed by atoms with Gasteiger partial charge in [-0.1, -0.05) is 6.07 Å². The molecule has 2 aromatic rings. The topological polar surface area (TPSA) is 87.7 Å². The normalized spacial score (nSPS) is 14.6. The third-order valence-corrected chi connectivity index (χ3v) is 5.30. The lowest BCUT2D eigenvalue weighted by atomic mass is 9.95. The number of nitrogens with one attached hydrogen (secondary N) is 2. The zero-order chi connectivity index (χ0) is 24.0. The first-order valence-electron chi connectivity index (χ1n) is 10.3. The van der Waals surface area contributed by atoms with E-state index in [2.05, 4.69) is 10.6 Å². The van der Waals surface area contributed by atoms with Gasteiger partial charge in [0.2, 0.25) is 11.8 Å². The van der Waals surface area contributed by atoms with Crippen molar-refractivity contribution in [3.05, 3.63) is 59.7 Å². The molecule has 10 heteroatoms. The summed E-state index contributed by atoms with van der Waals surface area (Å²) in [4.78, 5) is 38.4.